The summed E-state index contributed by atoms with van der Waals surface area (Å²) >= 11 is 0. The summed E-state index contributed by atoms with van der Waals surface area (Å²) in [6, 6.07) is 10.7. The fraction of sp³-hybridized carbons (Fsp3) is 0.333. The summed E-state index contributed by atoms with van der Waals surface area (Å²) in [7, 11) is 0. The van der Waals surface area contributed by atoms with Crippen molar-refractivity contribution in [3.8, 4) is 6.07 Å². The topological polar surface area (TPSA) is 81.9 Å². The molecular weight excluding hydrogens is 302 g/mol. The molecule has 0 aliphatic carbocycles. The van der Waals surface area contributed by atoms with E-state index >= 15 is 0 Å². The first-order chi connectivity index (χ1) is 11.8. The Morgan fingerprint density at radius 1 is 1.08 bits per heavy atom. The average molecular weight is 321 g/mol. The van der Waals surface area contributed by atoms with Crippen molar-refractivity contribution in [2.75, 3.05) is 18.4 Å². The second-order valence-corrected chi connectivity index (χ2v) is 5.79. The van der Waals surface area contributed by atoms with E-state index in [0.29, 0.717) is 17.2 Å². The van der Waals surface area contributed by atoms with Gasteiger partial charge in [0, 0.05) is 25.0 Å². The molecule has 0 unspecified atom stereocenters. The van der Waals surface area contributed by atoms with Gasteiger partial charge in [-0.05, 0) is 43.2 Å². The number of carbonyl (C=O) groups is 1. The number of rotatable bonds is 3. The summed E-state index contributed by atoms with van der Waals surface area (Å²) in [5.41, 5.74) is 1.77. The lowest BCUT2D eigenvalue weighted by Gasteiger charge is -2.19. The van der Waals surface area contributed by atoms with Crippen LogP contribution in [0.2, 0.25) is 0 Å². The maximum atomic E-state index is 12.6. The molecule has 24 heavy (non-hydrogen) atoms. The zero-order valence-corrected chi connectivity index (χ0v) is 13.4. The van der Waals surface area contributed by atoms with Crippen molar-refractivity contribution in [3.63, 3.8) is 0 Å². The van der Waals surface area contributed by atoms with Crippen molar-refractivity contribution in [2.24, 2.45) is 0 Å². The Labute approximate surface area is 141 Å². The van der Waals surface area contributed by atoms with Gasteiger partial charge in [-0.2, -0.15) is 5.26 Å². The highest BCUT2D eigenvalue weighted by molar-refractivity contribution is 5.92. The molecule has 2 aromatic rings. The number of anilines is 2. The largest absolute Gasteiger partial charge is 0.337 e. The average Bonchev–Trinajstić information content (AvgIpc) is 2.91. The van der Waals surface area contributed by atoms with Crippen molar-refractivity contribution in [2.45, 2.75) is 25.7 Å². The fourth-order valence-corrected chi connectivity index (χ4v) is 2.73. The quantitative estimate of drug-likeness (QED) is 0.939. The van der Waals surface area contributed by atoms with Crippen LogP contribution in [0.4, 0.5) is 11.6 Å². The number of carbonyl (C=O) groups excluding carboxylic acids is 1. The Bertz CT molecular complexity index is 743. The Balaban J connectivity index is 1.73. The van der Waals surface area contributed by atoms with Crippen LogP contribution in [0, 0.1) is 11.3 Å². The van der Waals surface area contributed by atoms with E-state index in [0.717, 1.165) is 31.6 Å². The molecule has 0 saturated carbocycles. The molecule has 0 radical (unpaired) electrons. The van der Waals surface area contributed by atoms with Gasteiger partial charge in [0.05, 0.1) is 11.6 Å². The van der Waals surface area contributed by atoms with Crippen LogP contribution in [-0.4, -0.2) is 33.9 Å². The first kappa shape index (κ1) is 15.9. The van der Waals surface area contributed by atoms with Crippen molar-refractivity contribution >= 4 is 17.5 Å². The Kier molecular flexibility index (Phi) is 5.02. The Morgan fingerprint density at radius 3 is 2.46 bits per heavy atom. The van der Waals surface area contributed by atoms with Crippen LogP contribution >= 0.6 is 0 Å². The number of nitrogens with zero attached hydrogens (tertiary/aromatic N) is 4. The smallest absolute Gasteiger partial charge is 0.272 e. The summed E-state index contributed by atoms with van der Waals surface area (Å²) in [4.78, 5) is 23.0. The molecule has 1 aliphatic rings. The zero-order chi connectivity index (χ0) is 16.8. The number of hydrogen-bond acceptors (Lipinski definition) is 5. The van der Waals surface area contributed by atoms with E-state index in [-0.39, 0.29) is 5.91 Å². The molecule has 1 saturated heterocycles. The van der Waals surface area contributed by atoms with Crippen LogP contribution in [0.3, 0.4) is 0 Å². The third-order valence-electron chi connectivity index (χ3n) is 4.04. The van der Waals surface area contributed by atoms with E-state index < -0.39 is 0 Å². The van der Waals surface area contributed by atoms with Gasteiger partial charge in [-0.1, -0.05) is 12.8 Å². The van der Waals surface area contributed by atoms with Crippen LogP contribution < -0.4 is 5.32 Å². The highest BCUT2D eigenvalue weighted by Crippen LogP contribution is 2.16. The van der Waals surface area contributed by atoms with E-state index in [4.69, 9.17) is 5.26 Å². The molecule has 3 rings (SSSR count). The molecule has 1 fully saturated rings. The molecular formula is C18H19N5O. The lowest BCUT2D eigenvalue weighted by atomic mass is 10.2. The van der Waals surface area contributed by atoms with E-state index in [1.807, 2.05) is 4.90 Å². The van der Waals surface area contributed by atoms with Crippen molar-refractivity contribution < 1.29 is 4.79 Å². The number of nitrogens with one attached hydrogen (secondary N) is 1. The first-order valence-corrected chi connectivity index (χ1v) is 8.16. The van der Waals surface area contributed by atoms with Gasteiger partial charge in [0.15, 0.2) is 0 Å². The first-order valence-electron chi connectivity index (χ1n) is 8.16. The monoisotopic (exact) mass is 321 g/mol. The van der Waals surface area contributed by atoms with E-state index in [1.54, 1.807) is 36.5 Å². The predicted molar refractivity (Wildman–Crippen MR) is 90.8 cm³/mol. The van der Waals surface area contributed by atoms with E-state index in [2.05, 4.69) is 21.4 Å². The number of amides is 1. The van der Waals surface area contributed by atoms with Gasteiger partial charge in [-0.15, -0.1) is 0 Å². The highest BCUT2D eigenvalue weighted by atomic mass is 16.2. The normalized spacial score (nSPS) is 14.5. The van der Waals surface area contributed by atoms with Crippen LogP contribution in [0.25, 0.3) is 0 Å². The Hall–Kier alpha value is -2.94. The fourth-order valence-electron chi connectivity index (χ4n) is 2.73. The van der Waals surface area contributed by atoms with Crippen molar-refractivity contribution in [1.82, 2.24) is 14.9 Å². The molecule has 0 atom stereocenters. The molecule has 6 nitrogen and oxygen atoms in total. The van der Waals surface area contributed by atoms with Crippen molar-refractivity contribution in [3.05, 3.63) is 47.8 Å². The van der Waals surface area contributed by atoms with Crippen LogP contribution in [0.15, 0.2) is 36.5 Å². The molecule has 6 heteroatoms. The van der Waals surface area contributed by atoms with Crippen molar-refractivity contribution in [1.29, 1.82) is 5.26 Å². The van der Waals surface area contributed by atoms with Gasteiger partial charge in [0.2, 0.25) is 5.95 Å². The number of nitriles is 1. The molecule has 0 bridgehead atoms. The van der Waals surface area contributed by atoms with Gasteiger partial charge in [-0.3, -0.25) is 4.79 Å². The maximum absolute atomic E-state index is 12.6. The second kappa shape index (κ2) is 7.55. The zero-order valence-electron chi connectivity index (χ0n) is 13.4. The summed E-state index contributed by atoms with van der Waals surface area (Å²) in [6.07, 6.45) is 6.04. The molecule has 2 heterocycles. The van der Waals surface area contributed by atoms with Gasteiger partial charge < -0.3 is 10.2 Å². The number of likely N-dealkylation sites (tertiary alicyclic amines) is 1. The molecule has 0 spiro atoms. The van der Waals surface area contributed by atoms with E-state index in [1.165, 1.54) is 12.8 Å². The number of benzene rings is 1. The van der Waals surface area contributed by atoms with Gasteiger partial charge in [-0.25, -0.2) is 9.97 Å². The van der Waals surface area contributed by atoms with E-state index in [9.17, 15) is 4.79 Å². The highest BCUT2D eigenvalue weighted by Gasteiger charge is 2.18. The van der Waals surface area contributed by atoms with Crippen LogP contribution in [0.5, 0.6) is 0 Å². The minimum Gasteiger partial charge on any atom is -0.337 e. The van der Waals surface area contributed by atoms with Gasteiger partial charge in [0.1, 0.15) is 5.69 Å². The van der Waals surface area contributed by atoms with Gasteiger partial charge >= 0.3 is 0 Å². The molecule has 1 amide bonds. The van der Waals surface area contributed by atoms with Crippen LogP contribution in [0.1, 0.15) is 41.7 Å². The Morgan fingerprint density at radius 2 is 1.79 bits per heavy atom. The number of hydrogen-bond donors (Lipinski definition) is 1. The maximum Gasteiger partial charge on any atom is 0.272 e. The SMILES string of the molecule is N#Cc1ccc(Nc2nccc(C(=O)N3CCCCCC3)n2)cc1. The minimum atomic E-state index is -0.0396. The minimum absolute atomic E-state index is 0.0396. The summed E-state index contributed by atoms with van der Waals surface area (Å²) < 4.78 is 0. The molecule has 1 aromatic heterocycles. The molecule has 1 aromatic carbocycles. The lowest BCUT2D eigenvalue weighted by molar-refractivity contribution is 0.0755. The molecule has 1 aliphatic heterocycles. The third kappa shape index (κ3) is 3.87. The number of aromatic nitrogens is 2. The third-order valence-corrected chi connectivity index (χ3v) is 4.04. The molecule has 1 N–H and O–H groups in total. The van der Waals surface area contributed by atoms with Crippen LogP contribution in [-0.2, 0) is 0 Å². The molecule has 122 valence electrons. The predicted octanol–water partition coefficient (Wildman–Crippen LogP) is 3.11. The summed E-state index contributed by atoms with van der Waals surface area (Å²) in [6.45, 7) is 1.59. The summed E-state index contributed by atoms with van der Waals surface area (Å²) in [5.74, 6) is 0.336. The van der Waals surface area contributed by atoms with Gasteiger partial charge in [0.25, 0.3) is 5.91 Å². The standard InChI is InChI=1S/C18H19N5O/c19-13-14-5-7-15(8-6-14)21-18-20-10-9-16(22-18)17(24)23-11-3-1-2-4-12-23/h5-10H,1-4,11-12H2,(H,20,21,22). The lowest BCUT2D eigenvalue weighted by Crippen LogP contribution is -2.32. The second-order valence-electron chi connectivity index (χ2n) is 5.79. The summed E-state index contributed by atoms with van der Waals surface area (Å²) in [5, 5.41) is 11.9.